The molecule has 1 unspecified atom stereocenters. The van der Waals surface area contributed by atoms with Crippen LogP contribution in [0.4, 0.5) is 4.39 Å². The molecule has 2 aromatic carbocycles. The summed E-state index contributed by atoms with van der Waals surface area (Å²) < 4.78 is 20.6. The van der Waals surface area contributed by atoms with Crippen LogP contribution in [0.25, 0.3) is 5.69 Å². The highest BCUT2D eigenvalue weighted by Crippen LogP contribution is 2.19. The molecule has 1 heterocycles. The van der Waals surface area contributed by atoms with Crippen LogP contribution in [0.3, 0.4) is 0 Å². The third-order valence-corrected chi connectivity index (χ3v) is 4.02. The molecule has 0 bridgehead atoms. The minimum atomic E-state index is -0.339. The molecular weight excluding hydrogens is 305 g/mol. The first kappa shape index (κ1) is 16.2. The summed E-state index contributed by atoms with van der Waals surface area (Å²) in [6.07, 6.45) is 5.44. The van der Waals surface area contributed by atoms with Crippen LogP contribution in [0.15, 0.2) is 61.2 Å². The number of methoxy groups -OCH3 is 1. The highest BCUT2D eigenvalue weighted by molar-refractivity contribution is 5.35. The fraction of sp³-hybridized carbons (Fsp3) is 0.211. The van der Waals surface area contributed by atoms with Crippen molar-refractivity contribution in [2.75, 3.05) is 7.11 Å². The summed E-state index contributed by atoms with van der Waals surface area (Å²) >= 11 is 0. The lowest BCUT2D eigenvalue weighted by Crippen LogP contribution is -2.18. The van der Waals surface area contributed by atoms with E-state index in [0.29, 0.717) is 6.54 Å². The van der Waals surface area contributed by atoms with Crippen LogP contribution in [0.5, 0.6) is 5.75 Å². The summed E-state index contributed by atoms with van der Waals surface area (Å²) in [5.74, 6) is -0.0731. The first-order valence-corrected chi connectivity index (χ1v) is 7.81. The Labute approximate surface area is 140 Å². The van der Waals surface area contributed by atoms with Crippen molar-refractivity contribution in [1.82, 2.24) is 14.9 Å². The topological polar surface area (TPSA) is 39.1 Å². The average Bonchev–Trinajstić information content (AvgIpc) is 3.14. The Hall–Kier alpha value is -2.66. The van der Waals surface area contributed by atoms with Gasteiger partial charge in [-0.05, 0) is 42.3 Å². The number of hydrogen-bond donors (Lipinski definition) is 1. The molecule has 3 rings (SSSR count). The van der Waals surface area contributed by atoms with Crippen LogP contribution in [-0.4, -0.2) is 16.7 Å². The van der Waals surface area contributed by atoms with Gasteiger partial charge in [-0.2, -0.15) is 0 Å². The molecule has 0 amide bonds. The minimum Gasteiger partial charge on any atom is -0.494 e. The number of imidazole rings is 1. The summed E-state index contributed by atoms with van der Waals surface area (Å²) in [4.78, 5) is 4.05. The van der Waals surface area contributed by atoms with Gasteiger partial charge in [0.05, 0.1) is 13.4 Å². The number of halogens is 1. The molecule has 1 aromatic heterocycles. The molecule has 0 fully saturated rings. The molecule has 0 aliphatic rings. The number of nitrogens with one attached hydrogen (secondary N) is 1. The molecule has 1 N–H and O–H groups in total. The zero-order valence-corrected chi connectivity index (χ0v) is 13.7. The lowest BCUT2D eigenvalue weighted by atomic mass is 10.1. The van der Waals surface area contributed by atoms with E-state index in [1.807, 2.05) is 16.8 Å². The maximum absolute atomic E-state index is 13.7. The van der Waals surface area contributed by atoms with E-state index in [-0.39, 0.29) is 17.6 Å². The Balaban J connectivity index is 1.62. The first-order valence-electron chi connectivity index (χ1n) is 7.81. The smallest absolute Gasteiger partial charge is 0.165 e. The maximum atomic E-state index is 13.7. The van der Waals surface area contributed by atoms with Crippen molar-refractivity contribution in [3.05, 3.63) is 78.1 Å². The van der Waals surface area contributed by atoms with Crippen LogP contribution < -0.4 is 10.1 Å². The second-order valence-electron chi connectivity index (χ2n) is 5.63. The molecule has 0 spiro atoms. The van der Waals surface area contributed by atoms with Gasteiger partial charge in [0.15, 0.2) is 11.6 Å². The van der Waals surface area contributed by atoms with Crippen molar-refractivity contribution in [2.45, 2.75) is 19.5 Å². The van der Waals surface area contributed by atoms with Gasteiger partial charge in [-0.25, -0.2) is 9.37 Å². The number of rotatable bonds is 6. The normalized spacial score (nSPS) is 12.1. The molecule has 0 saturated carbocycles. The molecule has 0 radical (unpaired) electrons. The standard InChI is InChI=1S/C19H20FN3O/c1-14(22-12-15-3-8-19(24-2)18(20)11-15)16-4-6-17(7-5-16)23-10-9-21-13-23/h3-11,13-14,22H,12H2,1-2H3. The molecule has 4 nitrogen and oxygen atoms in total. The summed E-state index contributed by atoms with van der Waals surface area (Å²) in [6.45, 7) is 2.68. The number of hydrogen-bond acceptors (Lipinski definition) is 3. The highest BCUT2D eigenvalue weighted by Gasteiger charge is 2.07. The van der Waals surface area contributed by atoms with Crippen LogP contribution in [-0.2, 0) is 6.54 Å². The minimum absolute atomic E-state index is 0.159. The van der Waals surface area contributed by atoms with Crippen molar-refractivity contribution >= 4 is 0 Å². The molecular formula is C19H20FN3O. The molecule has 24 heavy (non-hydrogen) atoms. The van der Waals surface area contributed by atoms with Crippen molar-refractivity contribution in [2.24, 2.45) is 0 Å². The van der Waals surface area contributed by atoms with Crippen molar-refractivity contribution in [3.8, 4) is 11.4 Å². The summed E-state index contributed by atoms with van der Waals surface area (Å²) in [5.41, 5.74) is 3.13. The summed E-state index contributed by atoms with van der Waals surface area (Å²) in [6, 6.07) is 13.5. The Kier molecular flexibility index (Phi) is 4.91. The Morgan fingerprint density at radius 3 is 2.62 bits per heavy atom. The van der Waals surface area contributed by atoms with Gasteiger partial charge in [0, 0.05) is 30.7 Å². The molecule has 0 aliphatic carbocycles. The van der Waals surface area contributed by atoms with Gasteiger partial charge in [-0.15, -0.1) is 0 Å². The maximum Gasteiger partial charge on any atom is 0.165 e. The van der Waals surface area contributed by atoms with Gasteiger partial charge < -0.3 is 14.6 Å². The first-order chi connectivity index (χ1) is 11.7. The van der Waals surface area contributed by atoms with Crippen molar-refractivity contribution < 1.29 is 9.13 Å². The van der Waals surface area contributed by atoms with E-state index >= 15 is 0 Å². The second kappa shape index (κ2) is 7.27. The van der Waals surface area contributed by atoms with Gasteiger partial charge in [0.1, 0.15) is 0 Å². The van der Waals surface area contributed by atoms with Gasteiger partial charge in [0.2, 0.25) is 0 Å². The Bertz CT molecular complexity index is 785. The van der Waals surface area contributed by atoms with Gasteiger partial charge >= 0.3 is 0 Å². The fourth-order valence-corrected chi connectivity index (χ4v) is 2.56. The predicted octanol–water partition coefficient (Wildman–Crippen LogP) is 3.87. The third-order valence-electron chi connectivity index (χ3n) is 4.02. The van der Waals surface area contributed by atoms with E-state index in [0.717, 1.165) is 11.3 Å². The zero-order chi connectivity index (χ0) is 16.9. The van der Waals surface area contributed by atoms with E-state index in [1.165, 1.54) is 18.7 Å². The average molecular weight is 325 g/mol. The quantitative estimate of drug-likeness (QED) is 0.748. The molecule has 1 atom stereocenters. The highest BCUT2D eigenvalue weighted by atomic mass is 19.1. The Morgan fingerprint density at radius 2 is 2.00 bits per heavy atom. The van der Waals surface area contributed by atoms with Crippen molar-refractivity contribution in [3.63, 3.8) is 0 Å². The molecule has 3 aromatic rings. The van der Waals surface area contributed by atoms with E-state index in [2.05, 4.69) is 41.5 Å². The van der Waals surface area contributed by atoms with Crippen LogP contribution >= 0.6 is 0 Å². The largest absolute Gasteiger partial charge is 0.494 e. The summed E-state index contributed by atoms with van der Waals surface area (Å²) in [5, 5.41) is 3.41. The third kappa shape index (κ3) is 3.63. The monoisotopic (exact) mass is 325 g/mol. The van der Waals surface area contributed by atoms with Gasteiger partial charge in [-0.1, -0.05) is 18.2 Å². The lowest BCUT2D eigenvalue weighted by molar-refractivity contribution is 0.386. The van der Waals surface area contributed by atoms with E-state index in [4.69, 9.17) is 4.74 Å². The van der Waals surface area contributed by atoms with Crippen molar-refractivity contribution in [1.29, 1.82) is 0 Å². The van der Waals surface area contributed by atoms with E-state index < -0.39 is 0 Å². The predicted molar refractivity (Wildman–Crippen MR) is 91.8 cm³/mol. The van der Waals surface area contributed by atoms with Crippen LogP contribution in [0.2, 0.25) is 0 Å². The molecule has 5 heteroatoms. The fourth-order valence-electron chi connectivity index (χ4n) is 2.56. The summed E-state index contributed by atoms with van der Waals surface area (Å²) in [7, 11) is 1.46. The number of ether oxygens (including phenoxy) is 1. The van der Waals surface area contributed by atoms with E-state index in [9.17, 15) is 4.39 Å². The van der Waals surface area contributed by atoms with Gasteiger partial charge in [0.25, 0.3) is 0 Å². The zero-order valence-electron chi connectivity index (χ0n) is 13.7. The lowest BCUT2D eigenvalue weighted by Gasteiger charge is -2.15. The number of aromatic nitrogens is 2. The number of benzene rings is 2. The SMILES string of the molecule is COc1ccc(CNC(C)c2ccc(-n3ccnc3)cc2)cc1F. The second-order valence-corrected chi connectivity index (χ2v) is 5.63. The van der Waals surface area contributed by atoms with Crippen LogP contribution in [0, 0.1) is 5.82 Å². The molecule has 124 valence electrons. The molecule has 0 aliphatic heterocycles. The Morgan fingerprint density at radius 1 is 1.21 bits per heavy atom. The van der Waals surface area contributed by atoms with Gasteiger partial charge in [-0.3, -0.25) is 0 Å². The van der Waals surface area contributed by atoms with E-state index in [1.54, 1.807) is 18.6 Å². The number of nitrogens with zero attached hydrogens (tertiary/aromatic N) is 2. The van der Waals surface area contributed by atoms with Crippen LogP contribution in [0.1, 0.15) is 24.1 Å². The molecule has 0 saturated heterocycles.